The average molecular weight is 405 g/mol. The van der Waals surface area contributed by atoms with Gasteiger partial charge in [0.2, 0.25) is 5.91 Å². The van der Waals surface area contributed by atoms with Gasteiger partial charge < -0.3 is 4.74 Å². The van der Waals surface area contributed by atoms with E-state index in [1.54, 1.807) is 35.9 Å². The Balaban J connectivity index is 1.76. The Morgan fingerprint density at radius 3 is 2.81 bits per heavy atom. The lowest BCUT2D eigenvalue weighted by molar-refractivity contribution is -0.115. The predicted octanol–water partition coefficient (Wildman–Crippen LogP) is 5.78. The largest absolute Gasteiger partial charge is 0.497 e. The molecule has 0 bridgehead atoms. The number of carbonyl (C=O) groups excluding carboxylic acids is 1. The molecule has 0 saturated heterocycles. The topological polar surface area (TPSA) is 42.4 Å². The normalized spacial score (nSPS) is 10.6. The number of hydrogen-bond donors (Lipinski definition) is 0. The second-order valence-corrected chi connectivity index (χ2v) is 7.75. The van der Waals surface area contributed by atoms with Gasteiger partial charge in [0.05, 0.1) is 18.5 Å². The molecule has 0 aliphatic rings. The zero-order valence-electron chi connectivity index (χ0n) is 14.3. The van der Waals surface area contributed by atoms with Gasteiger partial charge in [-0.25, -0.2) is 4.98 Å². The molecule has 26 heavy (non-hydrogen) atoms. The van der Waals surface area contributed by atoms with E-state index in [1.807, 2.05) is 41.8 Å². The minimum atomic E-state index is -0.103. The van der Waals surface area contributed by atoms with Crippen molar-refractivity contribution in [3.05, 3.63) is 64.6 Å². The summed E-state index contributed by atoms with van der Waals surface area (Å²) < 4.78 is 5.25. The molecular formula is C19H17ClN2O2S2. The summed E-state index contributed by atoms with van der Waals surface area (Å²) >= 11 is 9.18. The Morgan fingerprint density at radius 2 is 2.08 bits per heavy atom. The number of amides is 1. The summed E-state index contributed by atoms with van der Waals surface area (Å²) in [6.45, 7) is 1.52. The zero-order chi connectivity index (χ0) is 18.5. The van der Waals surface area contributed by atoms with E-state index in [-0.39, 0.29) is 5.91 Å². The number of hydrogen-bond acceptors (Lipinski definition) is 5. The number of anilines is 2. The molecule has 0 fully saturated rings. The van der Waals surface area contributed by atoms with E-state index in [0.29, 0.717) is 21.6 Å². The fourth-order valence-corrected chi connectivity index (χ4v) is 4.37. The van der Waals surface area contributed by atoms with Crippen LogP contribution in [0.3, 0.4) is 0 Å². The molecule has 0 radical (unpaired) electrons. The van der Waals surface area contributed by atoms with Crippen LogP contribution in [0, 0.1) is 0 Å². The van der Waals surface area contributed by atoms with Gasteiger partial charge in [0.25, 0.3) is 0 Å². The molecule has 134 valence electrons. The SMILES string of the molecule is COc1cccc(SCc2csc(N(C(C)=O)c3cccc(Cl)c3)n2)c1. The van der Waals surface area contributed by atoms with Crippen LogP contribution in [0.4, 0.5) is 10.8 Å². The summed E-state index contributed by atoms with van der Waals surface area (Å²) in [6, 6.07) is 15.1. The number of thioether (sulfide) groups is 1. The van der Waals surface area contributed by atoms with Gasteiger partial charge in [-0.1, -0.05) is 23.7 Å². The Bertz CT molecular complexity index is 914. The lowest BCUT2D eigenvalue weighted by Gasteiger charge is -2.18. The van der Waals surface area contributed by atoms with Crippen LogP contribution < -0.4 is 9.64 Å². The molecule has 3 aromatic rings. The third kappa shape index (κ3) is 4.58. The lowest BCUT2D eigenvalue weighted by atomic mass is 10.3. The van der Waals surface area contributed by atoms with Gasteiger partial charge in [-0.05, 0) is 36.4 Å². The minimum absolute atomic E-state index is 0.103. The van der Waals surface area contributed by atoms with E-state index >= 15 is 0 Å². The quantitative estimate of drug-likeness (QED) is 0.488. The van der Waals surface area contributed by atoms with Crippen LogP contribution in [0.5, 0.6) is 5.75 Å². The number of rotatable bonds is 6. The molecule has 4 nitrogen and oxygen atoms in total. The maximum Gasteiger partial charge on any atom is 0.230 e. The number of ether oxygens (including phenoxy) is 1. The number of methoxy groups -OCH3 is 1. The predicted molar refractivity (Wildman–Crippen MR) is 109 cm³/mol. The summed E-state index contributed by atoms with van der Waals surface area (Å²) in [5.74, 6) is 1.44. The number of carbonyl (C=O) groups is 1. The van der Waals surface area contributed by atoms with Gasteiger partial charge >= 0.3 is 0 Å². The van der Waals surface area contributed by atoms with Crippen molar-refractivity contribution in [2.75, 3.05) is 12.0 Å². The summed E-state index contributed by atoms with van der Waals surface area (Å²) in [4.78, 5) is 19.5. The summed E-state index contributed by atoms with van der Waals surface area (Å²) in [7, 11) is 1.66. The molecule has 3 rings (SSSR count). The molecule has 1 heterocycles. The first-order valence-electron chi connectivity index (χ1n) is 7.84. The van der Waals surface area contributed by atoms with E-state index < -0.39 is 0 Å². The van der Waals surface area contributed by atoms with Crippen LogP contribution in [-0.2, 0) is 10.5 Å². The monoisotopic (exact) mass is 404 g/mol. The number of thiazole rings is 1. The van der Waals surface area contributed by atoms with Gasteiger partial charge in [0.15, 0.2) is 5.13 Å². The number of aromatic nitrogens is 1. The molecule has 0 saturated carbocycles. The zero-order valence-corrected chi connectivity index (χ0v) is 16.7. The maximum absolute atomic E-state index is 12.1. The molecular weight excluding hydrogens is 388 g/mol. The van der Waals surface area contributed by atoms with E-state index in [1.165, 1.54) is 18.3 Å². The van der Waals surface area contributed by atoms with Gasteiger partial charge in [-0.2, -0.15) is 0 Å². The fraction of sp³-hybridized carbons (Fsp3) is 0.158. The van der Waals surface area contributed by atoms with Crippen molar-refractivity contribution in [3.63, 3.8) is 0 Å². The Morgan fingerprint density at radius 1 is 1.27 bits per heavy atom. The molecule has 0 N–H and O–H groups in total. The smallest absolute Gasteiger partial charge is 0.230 e. The van der Waals surface area contributed by atoms with Gasteiger partial charge in [-0.3, -0.25) is 9.69 Å². The Labute approximate surface area is 165 Å². The molecule has 7 heteroatoms. The summed E-state index contributed by atoms with van der Waals surface area (Å²) in [5, 5.41) is 3.20. The van der Waals surface area contributed by atoms with Crippen molar-refractivity contribution >= 4 is 51.4 Å². The van der Waals surface area contributed by atoms with Gasteiger partial charge in [-0.15, -0.1) is 23.1 Å². The molecule has 1 aromatic heterocycles. The minimum Gasteiger partial charge on any atom is -0.497 e. The van der Waals surface area contributed by atoms with Crippen molar-refractivity contribution in [1.29, 1.82) is 0 Å². The molecule has 2 aromatic carbocycles. The first-order chi connectivity index (χ1) is 12.6. The second kappa shape index (κ2) is 8.58. The van der Waals surface area contributed by atoms with Crippen molar-refractivity contribution in [3.8, 4) is 5.75 Å². The van der Waals surface area contributed by atoms with Gasteiger partial charge in [0, 0.05) is 28.0 Å². The highest BCUT2D eigenvalue weighted by Gasteiger charge is 2.18. The molecule has 1 amide bonds. The summed E-state index contributed by atoms with van der Waals surface area (Å²) in [6.07, 6.45) is 0. The van der Waals surface area contributed by atoms with Crippen LogP contribution in [0.1, 0.15) is 12.6 Å². The standard InChI is InChI=1S/C19H17ClN2O2S2/c1-13(23)22(16-6-3-5-14(20)9-16)19-21-15(12-26-19)11-25-18-8-4-7-17(10-18)24-2/h3-10,12H,11H2,1-2H3. The van der Waals surface area contributed by atoms with Crippen molar-refractivity contribution < 1.29 is 9.53 Å². The average Bonchev–Trinajstić information content (AvgIpc) is 3.08. The van der Waals surface area contributed by atoms with Crippen molar-refractivity contribution in [1.82, 2.24) is 4.98 Å². The fourth-order valence-electron chi connectivity index (χ4n) is 2.36. The molecule has 0 aliphatic heterocycles. The maximum atomic E-state index is 12.1. The van der Waals surface area contributed by atoms with Crippen LogP contribution in [0.2, 0.25) is 5.02 Å². The van der Waals surface area contributed by atoms with E-state index in [4.69, 9.17) is 16.3 Å². The highest BCUT2D eigenvalue weighted by molar-refractivity contribution is 7.98. The number of benzene rings is 2. The molecule has 0 unspecified atom stereocenters. The lowest BCUT2D eigenvalue weighted by Crippen LogP contribution is -2.22. The third-order valence-corrected chi connectivity index (χ3v) is 5.68. The molecule has 0 aliphatic carbocycles. The van der Waals surface area contributed by atoms with Crippen LogP contribution in [-0.4, -0.2) is 18.0 Å². The first kappa shape index (κ1) is 18.8. The van der Waals surface area contributed by atoms with Gasteiger partial charge in [0.1, 0.15) is 5.75 Å². The van der Waals surface area contributed by atoms with Crippen LogP contribution in [0.15, 0.2) is 58.8 Å². The van der Waals surface area contributed by atoms with E-state index in [0.717, 1.165) is 16.3 Å². The van der Waals surface area contributed by atoms with Crippen molar-refractivity contribution in [2.45, 2.75) is 17.6 Å². The van der Waals surface area contributed by atoms with Crippen LogP contribution in [0.25, 0.3) is 0 Å². The second-order valence-electron chi connectivity index (χ2n) is 5.42. The molecule has 0 atom stereocenters. The number of halogens is 1. The Hall–Kier alpha value is -2.02. The van der Waals surface area contributed by atoms with Crippen molar-refractivity contribution in [2.24, 2.45) is 0 Å². The highest BCUT2D eigenvalue weighted by Crippen LogP contribution is 2.32. The number of nitrogens with zero attached hydrogens (tertiary/aromatic N) is 2. The van der Waals surface area contributed by atoms with Crippen LogP contribution >= 0.6 is 34.7 Å². The van der Waals surface area contributed by atoms with E-state index in [2.05, 4.69) is 4.98 Å². The summed E-state index contributed by atoms with van der Waals surface area (Å²) in [5.41, 5.74) is 1.64. The van der Waals surface area contributed by atoms with E-state index in [9.17, 15) is 4.79 Å². The third-order valence-electron chi connectivity index (χ3n) is 3.54. The first-order valence-corrected chi connectivity index (χ1v) is 10.1. The highest BCUT2D eigenvalue weighted by atomic mass is 35.5. The molecule has 0 spiro atoms. The Kier molecular flexibility index (Phi) is 6.19.